The summed E-state index contributed by atoms with van der Waals surface area (Å²) in [5.41, 5.74) is -4.51. The Hall–Kier alpha value is -2.25. The third-order valence-electron chi connectivity index (χ3n) is 4.19. The molecule has 2 aromatic rings. The van der Waals surface area contributed by atoms with Crippen molar-refractivity contribution in [3.8, 4) is 0 Å². The van der Waals surface area contributed by atoms with Gasteiger partial charge in [-0.3, -0.25) is 0 Å². The van der Waals surface area contributed by atoms with E-state index >= 15 is 0 Å². The Morgan fingerprint density at radius 1 is 0.581 bits per heavy atom. The maximum absolute atomic E-state index is 13.4. The first kappa shape index (κ1) is 23.4. The number of hydrogen-bond acceptors (Lipinski definition) is 2. The molecule has 0 radical (unpaired) electrons. The molecule has 0 amide bonds. The normalized spacial score (nSPS) is 15.2. The lowest BCUT2D eigenvalue weighted by Gasteiger charge is -2.40. The lowest BCUT2D eigenvalue weighted by Crippen LogP contribution is -2.53. The quantitative estimate of drug-likeness (QED) is 0.379. The minimum Gasteiger partial charge on any atom is -0.320 e. The van der Waals surface area contributed by atoms with Crippen molar-refractivity contribution in [3.63, 3.8) is 0 Å². The Bertz CT molecular complexity index is 909. The molecule has 2 aromatic carbocycles. The Morgan fingerprint density at radius 3 is 1.23 bits per heavy atom. The number of fused-ring (bicyclic) bond motifs is 2. The lowest BCUT2D eigenvalue weighted by atomic mass is 10.1. The van der Waals surface area contributed by atoms with E-state index in [4.69, 9.17) is 0 Å². The number of halogens is 12. The first-order valence-corrected chi connectivity index (χ1v) is 8.75. The van der Waals surface area contributed by atoms with Crippen LogP contribution in [0.5, 0.6) is 0 Å². The van der Waals surface area contributed by atoms with Crippen molar-refractivity contribution in [3.05, 3.63) is 47.5 Å². The van der Waals surface area contributed by atoms with E-state index in [1.54, 1.807) is 0 Å². The van der Waals surface area contributed by atoms with Gasteiger partial charge < -0.3 is 4.90 Å². The highest BCUT2D eigenvalue weighted by molar-refractivity contribution is 7.99. The average Bonchev–Trinajstić information content (AvgIpc) is 2.56. The molecule has 0 fully saturated rings. The first-order chi connectivity index (χ1) is 13.9. The van der Waals surface area contributed by atoms with Crippen LogP contribution in [-0.2, 0) is 12.4 Å². The third-order valence-corrected chi connectivity index (χ3v) is 5.29. The zero-order valence-electron chi connectivity index (χ0n) is 14.4. The second-order valence-corrected chi connectivity index (χ2v) is 7.40. The van der Waals surface area contributed by atoms with E-state index in [1.807, 2.05) is 0 Å². The molecular formula is C17H7F12NS. The van der Waals surface area contributed by atoms with E-state index in [9.17, 15) is 52.7 Å². The van der Waals surface area contributed by atoms with Crippen LogP contribution in [0, 0.1) is 0 Å². The summed E-state index contributed by atoms with van der Waals surface area (Å²) in [4.78, 5) is -1.75. The van der Waals surface area contributed by atoms with Gasteiger partial charge >= 0.3 is 24.7 Å². The van der Waals surface area contributed by atoms with Gasteiger partial charge in [0, 0.05) is 9.79 Å². The molecule has 14 heteroatoms. The Morgan fingerprint density at radius 2 is 0.935 bits per heavy atom. The number of hydrogen-bond donors (Lipinski definition) is 0. The van der Waals surface area contributed by atoms with Crippen LogP contribution in [0.4, 0.5) is 64.1 Å². The predicted molar refractivity (Wildman–Crippen MR) is 85.0 cm³/mol. The van der Waals surface area contributed by atoms with Crippen LogP contribution in [0.15, 0.2) is 46.2 Å². The Balaban J connectivity index is 2.30. The van der Waals surface area contributed by atoms with Gasteiger partial charge in [0.05, 0.1) is 22.5 Å². The average molecular weight is 485 g/mol. The van der Waals surface area contributed by atoms with Crippen molar-refractivity contribution in [2.75, 3.05) is 4.90 Å². The lowest BCUT2D eigenvalue weighted by molar-refractivity contribution is -0.248. The highest BCUT2D eigenvalue weighted by Crippen LogP contribution is 2.54. The summed E-state index contributed by atoms with van der Waals surface area (Å²) in [5, 5.41) is 0. The van der Waals surface area contributed by atoms with E-state index in [-0.39, 0.29) is 16.7 Å². The fourth-order valence-electron chi connectivity index (χ4n) is 2.95. The molecule has 0 unspecified atom stereocenters. The molecule has 3 rings (SSSR count). The molecular weight excluding hydrogens is 478 g/mol. The zero-order chi connectivity index (χ0) is 23.6. The molecule has 0 bridgehead atoms. The molecule has 1 heterocycles. The standard InChI is InChI=1S/C17H7F12NS/c18-14(19,20)7-1-3-9-11(5-7)31-12-6-8(15(21,22)23)2-4-10(12)30(9)13(16(24,25)26)17(27,28)29/h1-6,13H. The van der Waals surface area contributed by atoms with Gasteiger partial charge in [-0.05, 0) is 36.4 Å². The maximum atomic E-state index is 13.4. The van der Waals surface area contributed by atoms with E-state index in [0.717, 1.165) is 0 Å². The van der Waals surface area contributed by atoms with Crippen LogP contribution in [0.2, 0.25) is 0 Å². The van der Waals surface area contributed by atoms with E-state index < -0.39 is 63.0 Å². The smallest absolute Gasteiger partial charge is 0.320 e. The fraction of sp³-hybridized carbons (Fsp3) is 0.294. The molecule has 0 saturated carbocycles. The molecule has 0 saturated heterocycles. The Kier molecular flexibility index (Phi) is 5.39. The van der Waals surface area contributed by atoms with Gasteiger partial charge in [-0.1, -0.05) is 11.8 Å². The maximum Gasteiger partial charge on any atom is 0.418 e. The second kappa shape index (κ2) is 7.14. The number of nitrogens with zero attached hydrogens (tertiary/aromatic N) is 1. The van der Waals surface area contributed by atoms with Crippen LogP contribution in [0.1, 0.15) is 11.1 Å². The van der Waals surface area contributed by atoms with Crippen LogP contribution >= 0.6 is 11.8 Å². The van der Waals surface area contributed by atoms with Gasteiger partial charge in [0.1, 0.15) is 0 Å². The molecule has 0 spiro atoms. The molecule has 170 valence electrons. The van der Waals surface area contributed by atoms with Gasteiger partial charge in [0.25, 0.3) is 0 Å². The number of benzene rings is 2. The summed E-state index contributed by atoms with van der Waals surface area (Å²) in [6, 6.07) is -2.17. The van der Waals surface area contributed by atoms with Gasteiger partial charge in [-0.2, -0.15) is 52.7 Å². The third kappa shape index (κ3) is 4.53. The van der Waals surface area contributed by atoms with E-state index in [2.05, 4.69) is 0 Å². The second-order valence-electron chi connectivity index (χ2n) is 6.32. The van der Waals surface area contributed by atoms with E-state index in [1.165, 1.54) is 0 Å². The molecule has 0 aliphatic carbocycles. The largest absolute Gasteiger partial charge is 0.418 e. The summed E-state index contributed by atoms with van der Waals surface area (Å²) in [5.74, 6) is 0. The van der Waals surface area contributed by atoms with Gasteiger partial charge in [0.15, 0.2) is 0 Å². The van der Waals surface area contributed by atoms with Crippen molar-refractivity contribution < 1.29 is 52.7 Å². The summed E-state index contributed by atoms with van der Waals surface area (Å²) in [6.45, 7) is 0. The van der Waals surface area contributed by atoms with Gasteiger partial charge in [-0.25, -0.2) is 0 Å². The topological polar surface area (TPSA) is 3.24 Å². The molecule has 1 nitrogen and oxygen atoms in total. The highest BCUT2D eigenvalue weighted by atomic mass is 32.2. The van der Waals surface area contributed by atoms with Crippen LogP contribution in [0.3, 0.4) is 0 Å². The molecule has 0 atom stereocenters. The number of alkyl halides is 12. The molecule has 1 aliphatic rings. The van der Waals surface area contributed by atoms with Crippen LogP contribution < -0.4 is 4.90 Å². The summed E-state index contributed by atoms with van der Waals surface area (Å²) in [7, 11) is 0. The minimum atomic E-state index is -5.94. The molecule has 1 aliphatic heterocycles. The molecule has 31 heavy (non-hydrogen) atoms. The van der Waals surface area contributed by atoms with Crippen molar-refractivity contribution in [1.29, 1.82) is 0 Å². The summed E-state index contributed by atoms with van der Waals surface area (Å²) in [6.07, 6.45) is -21.9. The molecule has 0 N–H and O–H groups in total. The first-order valence-electron chi connectivity index (χ1n) is 7.93. The zero-order valence-corrected chi connectivity index (χ0v) is 15.2. The van der Waals surface area contributed by atoms with Crippen LogP contribution in [0.25, 0.3) is 0 Å². The van der Waals surface area contributed by atoms with Crippen molar-refractivity contribution in [2.45, 2.75) is 40.5 Å². The van der Waals surface area contributed by atoms with E-state index in [0.29, 0.717) is 36.4 Å². The van der Waals surface area contributed by atoms with Gasteiger partial charge in [0.2, 0.25) is 6.04 Å². The Labute approximate surface area is 169 Å². The van der Waals surface area contributed by atoms with Crippen molar-refractivity contribution >= 4 is 23.1 Å². The minimum absolute atomic E-state index is 0.209. The summed E-state index contributed by atoms with van der Waals surface area (Å²) < 4.78 is 158. The van der Waals surface area contributed by atoms with Crippen molar-refractivity contribution in [1.82, 2.24) is 0 Å². The van der Waals surface area contributed by atoms with Crippen LogP contribution in [-0.4, -0.2) is 18.4 Å². The summed E-state index contributed by atoms with van der Waals surface area (Å²) >= 11 is 0.209. The van der Waals surface area contributed by atoms with Gasteiger partial charge in [-0.15, -0.1) is 0 Å². The van der Waals surface area contributed by atoms with Crippen molar-refractivity contribution in [2.24, 2.45) is 0 Å². The SMILES string of the molecule is FC(F)(F)c1ccc2c(c1)Sc1cc(C(F)(F)F)ccc1N2C(C(F)(F)F)C(F)(F)F. The number of rotatable bonds is 1. The highest BCUT2D eigenvalue weighted by Gasteiger charge is 2.61. The fourth-order valence-corrected chi connectivity index (χ4v) is 4.10. The molecule has 0 aromatic heterocycles. The predicted octanol–water partition coefficient (Wildman–Crippen LogP) is 7.82. The monoisotopic (exact) mass is 485 g/mol. The number of anilines is 2.